The predicted octanol–water partition coefficient (Wildman–Crippen LogP) is 5.12. The third kappa shape index (κ3) is 5.78. The van der Waals surface area contributed by atoms with Crippen LogP contribution in [0.25, 0.3) is 0 Å². The Morgan fingerprint density at radius 1 is 1.05 bits per heavy atom. The highest BCUT2D eigenvalue weighted by Crippen LogP contribution is 2.16. The van der Waals surface area contributed by atoms with E-state index in [0.29, 0.717) is 6.04 Å². The summed E-state index contributed by atoms with van der Waals surface area (Å²) in [7, 11) is 0. The van der Waals surface area contributed by atoms with Crippen LogP contribution >= 0.6 is 0 Å². The van der Waals surface area contributed by atoms with Crippen molar-refractivity contribution in [3.63, 3.8) is 0 Å². The van der Waals surface area contributed by atoms with E-state index >= 15 is 0 Å². The standard InChI is InChI=1S/C18H31N/c1-5-8-9-17(7-3)14-19-15(4)18-12-10-16(6-2)11-13-18/h10-13,15,17,19H,5-9,14H2,1-4H3. The molecule has 0 radical (unpaired) electrons. The molecule has 2 unspecified atom stereocenters. The van der Waals surface area contributed by atoms with Gasteiger partial charge in [-0.3, -0.25) is 0 Å². The maximum Gasteiger partial charge on any atom is 0.0291 e. The quantitative estimate of drug-likeness (QED) is 0.651. The van der Waals surface area contributed by atoms with Gasteiger partial charge in [0.15, 0.2) is 0 Å². The second-order valence-electron chi connectivity index (χ2n) is 5.64. The summed E-state index contributed by atoms with van der Waals surface area (Å²) in [5.41, 5.74) is 2.83. The number of hydrogen-bond acceptors (Lipinski definition) is 1. The van der Waals surface area contributed by atoms with Gasteiger partial charge in [-0.05, 0) is 43.4 Å². The van der Waals surface area contributed by atoms with Gasteiger partial charge in [0.05, 0.1) is 0 Å². The first-order valence-electron chi connectivity index (χ1n) is 8.03. The van der Waals surface area contributed by atoms with Crippen LogP contribution in [0.4, 0.5) is 0 Å². The molecule has 1 rings (SSSR count). The molecule has 0 aromatic heterocycles. The van der Waals surface area contributed by atoms with Crippen molar-refractivity contribution in [2.75, 3.05) is 6.54 Å². The summed E-state index contributed by atoms with van der Waals surface area (Å²) in [5, 5.41) is 3.70. The minimum atomic E-state index is 0.460. The van der Waals surface area contributed by atoms with Crippen molar-refractivity contribution < 1.29 is 0 Å². The van der Waals surface area contributed by atoms with Gasteiger partial charge in [0.25, 0.3) is 0 Å². The molecular weight excluding hydrogens is 230 g/mol. The minimum absolute atomic E-state index is 0.460. The van der Waals surface area contributed by atoms with Crippen LogP contribution in [0.3, 0.4) is 0 Å². The highest BCUT2D eigenvalue weighted by Gasteiger charge is 2.09. The lowest BCUT2D eigenvalue weighted by atomic mass is 9.98. The van der Waals surface area contributed by atoms with Crippen LogP contribution in [0.1, 0.15) is 70.5 Å². The van der Waals surface area contributed by atoms with Gasteiger partial charge in [-0.15, -0.1) is 0 Å². The molecule has 0 bridgehead atoms. The lowest BCUT2D eigenvalue weighted by molar-refractivity contribution is 0.398. The van der Waals surface area contributed by atoms with Crippen molar-refractivity contribution in [3.8, 4) is 0 Å². The molecule has 0 fully saturated rings. The van der Waals surface area contributed by atoms with Gasteiger partial charge in [0, 0.05) is 6.04 Å². The van der Waals surface area contributed by atoms with Crippen molar-refractivity contribution >= 4 is 0 Å². The van der Waals surface area contributed by atoms with Crippen LogP contribution in [0, 0.1) is 5.92 Å². The molecule has 0 heterocycles. The van der Waals surface area contributed by atoms with E-state index < -0.39 is 0 Å². The minimum Gasteiger partial charge on any atom is -0.310 e. The number of hydrogen-bond donors (Lipinski definition) is 1. The maximum atomic E-state index is 3.70. The molecule has 0 amide bonds. The van der Waals surface area contributed by atoms with Crippen molar-refractivity contribution in [1.29, 1.82) is 0 Å². The molecule has 0 saturated heterocycles. The summed E-state index contributed by atoms with van der Waals surface area (Å²) >= 11 is 0. The van der Waals surface area contributed by atoms with Crippen LogP contribution in [0.2, 0.25) is 0 Å². The fourth-order valence-corrected chi connectivity index (χ4v) is 2.45. The molecule has 1 aromatic rings. The highest BCUT2D eigenvalue weighted by atomic mass is 14.9. The largest absolute Gasteiger partial charge is 0.310 e. The fraction of sp³-hybridized carbons (Fsp3) is 0.667. The predicted molar refractivity (Wildman–Crippen MR) is 85.5 cm³/mol. The van der Waals surface area contributed by atoms with Gasteiger partial charge >= 0.3 is 0 Å². The number of benzene rings is 1. The molecule has 1 aromatic carbocycles. The van der Waals surface area contributed by atoms with E-state index in [2.05, 4.69) is 57.3 Å². The van der Waals surface area contributed by atoms with E-state index in [9.17, 15) is 0 Å². The normalized spacial score (nSPS) is 14.3. The lowest BCUT2D eigenvalue weighted by Gasteiger charge is -2.20. The van der Waals surface area contributed by atoms with Crippen molar-refractivity contribution in [2.45, 2.75) is 65.8 Å². The van der Waals surface area contributed by atoms with Crippen LogP contribution in [-0.4, -0.2) is 6.54 Å². The zero-order chi connectivity index (χ0) is 14.1. The summed E-state index contributed by atoms with van der Waals surface area (Å²) < 4.78 is 0. The molecule has 0 saturated carbocycles. The number of aryl methyl sites for hydroxylation is 1. The van der Waals surface area contributed by atoms with E-state index in [4.69, 9.17) is 0 Å². The Balaban J connectivity index is 2.42. The Morgan fingerprint density at radius 3 is 2.26 bits per heavy atom. The average molecular weight is 261 g/mol. The summed E-state index contributed by atoms with van der Waals surface area (Å²) in [5.74, 6) is 0.831. The lowest BCUT2D eigenvalue weighted by Crippen LogP contribution is -2.25. The second kappa shape index (κ2) is 9.14. The molecular formula is C18H31N. The van der Waals surface area contributed by atoms with Gasteiger partial charge in [-0.25, -0.2) is 0 Å². The summed E-state index contributed by atoms with van der Waals surface area (Å²) in [4.78, 5) is 0. The second-order valence-corrected chi connectivity index (χ2v) is 5.64. The Labute approximate surface area is 119 Å². The topological polar surface area (TPSA) is 12.0 Å². The molecule has 19 heavy (non-hydrogen) atoms. The highest BCUT2D eigenvalue weighted by molar-refractivity contribution is 5.24. The van der Waals surface area contributed by atoms with Gasteiger partial charge in [-0.2, -0.15) is 0 Å². The molecule has 1 N–H and O–H groups in total. The smallest absolute Gasteiger partial charge is 0.0291 e. The third-order valence-electron chi connectivity index (χ3n) is 4.14. The SMILES string of the molecule is CCCCC(CC)CNC(C)c1ccc(CC)cc1. The molecule has 1 heteroatoms. The Bertz CT molecular complexity index is 328. The van der Waals surface area contributed by atoms with E-state index in [0.717, 1.165) is 18.9 Å². The van der Waals surface area contributed by atoms with Crippen molar-refractivity contribution in [3.05, 3.63) is 35.4 Å². The molecule has 2 atom stereocenters. The third-order valence-corrected chi connectivity index (χ3v) is 4.14. The average Bonchev–Trinajstić information content (AvgIpc) is 2.47. The fourth-order valence-electron chi connectivity index (χ4n) is 2.45. The van der Waals surface area contributed by atoms with Gasteiger partial charge < -0.3 is 5.32 Å². The molecule has 1 nitrogen and oxygen atoms in total. The van der Waals surface area contributed by atoms with E-state index in [1.54, 1.807) is 0 Å². The monoisotopic (exact) mass is 261 g/mol. The zero-order valence-electron chi connectivity index (χ0n) is 13.2. The first-order valence-corrected chi connectivity index (χ1v) is 8.03. The Kier molecular flexibility index (Phi) is 7.81. The molecule has 108 valence electrons. The molecule has 0 aliphatic carbocycles. The summed E-state index contributed by atoms with van der Waals surface area (Å²) in [6.07, 6.45) is 6.44. The number of rotatable bonds is 9. The van der Waals surface area contributed by atoms with Gasteiger partial charge in [-0.1, -0.05) is 64.3 Å². The van der Waals surface area contributed by atoms with E-state index in [-0.39, 0.29) is 0 Å². The first-order chi connectivity index (χ1) is 9.21. The number of unbranched alkanes of at least 4 members (excludes halogenated alkanes) is 1. The van der Waals surface area contributed by atoms with Gasteiger partial charge in [0.2, 0.25) is 0 Å². The van der Waals surface area contributed by atoms with Crippen molar-refractivity contribution in [2.24, 2.45) is 5.92 Å². The summed E-state index contributed by atoms with van der Waals surface area (Å²) in [6.45, 7) is 10.2. The number of nitrogens with one attached hydrogen (secondary N) is 1. The van der Waals surface area contributed by atoms with Crippen LogP contribution in [-0.2, 0) is 6.42 Å². The molecule has 0 spiro atoms. The van der Waals surface area contributed by atoms with E-state index in [1.165, 1.54) is 36.8 Å². The summed E-state index contributed by atoms with van der Waals surface area (Å²) in [6, 6.07) is 9.50. The molecule has 0 aliphatic heterocycles. The van der Waals surface area contributed by atoms with Crippen LogP contribution < -0.4 is 5.32 Å². The van der Waals surface area contributed by atoms with Crippen LogP contribution in [0.5, 0.6) is 0 Å². The van der Waals surface area contributed by atoms with Crippen molar-refractivity contribution in [1.82, 2.24) is 5.32 Å². The van der Waals surface area contributed by atoms with Gasteiger partial charge in [0.1, 0.15) is 0 Å². The Hall–Kier alpha value is -0.820. The first kappa shape index (κ1) is 16.2. The maximum absolute atomic E-state index is 3.70. The van der Waals surface area contributed by atoms with Crippen LogP contribution in [0.15, 0.2) is 24.3 Å². The van der Waals surface area contributed by atoms with E-state index in [1.807, 2.05) is 0 Å². The molecule has 0 aliphatic rings. The zero-order valence-corrected chi connectivity index (χ0v) is 13.2. The Morgan fingerprint density at radius 2 is 1.74 bits per heavy atom.